The van der Waals surface area contributed by atoms with Gasteiger partial charge in [0.1, 0.15) is 5.82 Å². The molecule has 13 heavy (non-hydrogen) atoms. The van der Waals surface area contributed by atoms with Crippen molar-refractivity contribution in [2.75, 3.05) is 0 Å². The second kappa shape index (κ2) is 3.50. The smallest absolute Gasteiger partial charge is 0.111 e. The van der Waals surface area contributed by atoms with Gasteiger partial charge < -0.3 is 9.67 Å². The van der Waals surface area contributed by atoms with Crippen LogP contribution in [0.15, 0.2) is 12.4 Å². The normalized spacial score (nSPS) is 12.5. The van der Waals surface area contributed by atoms with Gasteiger partial charge in [-0.15, -0.1) is 0 Å². The van der Waals surface area contributed by atoms with Crippen LogP contribution in [0.1, 0.15) is 39.4 Å². The first-order valence-corrected chi connectivity index (χ1v) is 4.63. The quantitative estimate of drug-likeness (QED) is 0.773. The van der Waals surface area contributed by atoms with Crippen molar-refractivity contribution in [2.45, 2.75) is 45.8 Å². The number of rotatable bonds is 3. The molecule has 0 aliphatic carbocycles. The summed E-state index contributed by atoms with van der Waals surface area (Å²) in [5.74, 6) is 1.43. The number of hydrogen-bond acceptors (Lipinski definition) is 2. The second-order valence-corrected chi connectivity index (χ2v) is 4.38. The molecule has 1 rings (SSSR count). The fourth-order valence-corrected chi connectivity index (χ4v) is 1.37. The molecule has 0 bridgehead atoms. The molecule has 1 aromatic rings. The predicted octanol–water partition coefficient (Wildman–Crippen LogP) is 1.78. The molecule has 0 aliphatic heterocycles. The van der Waals surface area contributed by atoms with Crippen molar-refractivity contribution < 1.29 is 5.11 Å². The summed E-state index contributed by atoms with van der Waals surface area (Å²) in [4.78, 5) is 4.25. The molecule has 3 nitrogen and oxygen atoms in total. The van der Waals surface area contributed by atoms with Gasteiger partial charge in [0, 0.05) is 18.3 Å². The minimum absolute atomic E-state index is 0.400. The first kappa shape index (κ1) is 10.3. The topological polar surface area (TPSA) is 38.0 Å². The van der Waals surface area contributed by atoms with E-state index in [0.717, 1.165) is 5.82 Å². The van der Waals surface area contributed by atoms with Crippen LogP contribution in [0.2, 0.25) is 0 Å². The van der Waals surface area contributed by atoms with E-state index in [1.165, 1.54) is 0 Å². The molecule has 0 aliphatic rings. The number of imidazole rings is 1. The molecule has 1 N–H and O–H groups in total. The molecule has 74 valence electrons. The molecule has 0 saturated heterocycles. The largest absolute Gasteiger partial charge is 0.389 e. The maximum atomic E-state index is 9.65. The lowest BCUT2D eigenvalue weighted by atomic mass is 10.1. The van der Waals surface area contributed by atoms with Gasteiger partial charge in [0.05, 0.1) is 12.1 Å². The van der Waals surface area contributed by atoms with Crippen LogP contribution in [0.25, 0.3) is 0 Å². The zero-order valence-electron chi connectivity index (χ0n) is 8.78. The Labute approximate surface area is 79.4 Å². The summed E-state index contributed by atoms with van der Waals surface area (Å²) >= 11 is 0. The third kappa shape index (κ3) is 2.84. The van der Waals surface area contributed by atoms with Crippen molar-refractivity contribution in [3.63, 3.8) is 0 Å². The van der Waals surface area contributed by atoms with Crippen LogP contribution < -0.4 is 0 Å². The van der Waals surface area contributed by atoms with Gasteiger partial charge in [-0.25, -0.2) is 4.98 Å². The van der Waals surface area contributed by atoms with Crippen LogP contribution >= 0.6 is 0 Å². The molecule has 0 radical (unpaired) electrons. The molecular weight excluding hydrogens is 164 g/mol. The van der Waals surface area contributed by atoms with E-state index < -0.39 is 5.60 Å². The molecule has 1 heterocycles. The zero-order valence-corrected chi connectivity index (χ0v) is 8.78. The number of nitrogens with zero attached hydrogens (tertiary/aromatic N) is 2. The summed E-state index contributed by atoms with van der Waals surface area (Å²) < 4.78 is 2.00. The van der Waals surface area contributed by atoms with Crippen molar-refractivity contribution in [3.8, 4) is 0 Å². The third-order valence-corrected chi connectivity index (χ3v) is 1.82. The standard InChI is InChI=1S/C10H18N2O/c1-8(2)9-11-5-6-12(9)7-10(3,4)13/h5-6,8,13H,7H2,1-4H3. The Morgan fingerprint density at radius 2 is 2.15 bits per heavy atom. The van der Waals surface area contributed by atoms with Crippen LogP contribution in [0.5, 0.6) is 0 Å². The summed E-state index contributed by atoms with van der Waals surface area (Å²) in [5, 5.41) is 9.65. The molecule has 0 saturated carbocycles. The van der Waals surface area contributed by atoms with Crippen LogP contribution in [0.3, 0.4) is 0 Å². The zero-order chi connectivity index (χ0) is 10.1. The van der Waals surface area contributed by atoms with E-state index in [4.69, 9.17) is 0 Å². The average molecular weight is 182 g/mol. The highest BCUT2D eigenvalue weighted by atomic mass is 16.3. The van der Waals surface area contributed by atoms with Crippen molar-refractivity contribution in [1.29, 1.82) is 0 Å². The first-order valence-electron chi connectivity index (χ1n) is 4.63. The van der Waals surface area contributed by atoms with Crippen LogP contribution in [-0.4, -0.2) is 20.3 Å². The van der Waals surface area contributed by atoms with Crippen molar-refractivity contribution in [2.24, 2.45) is 0 Å². The molecular formula is C10H18N2O. The minimum Gasteiger partial charge on any atom is -0.389 e. The summed E-state index contributed by atoms with van der Waals surface area (Å²) in [6.45, 7) is 8.40. The number of aliphatic hydroxyl groups is 1. The Kier molecular flexibility index (Phi) is 2.76. The molecule has 1 aromatic heterocycles. The van der Waals surface area contributed by atoms with Crippen LogP contribution in [0.4, 0.5) is 0 Å². The van der Waals surface area contributed by atoms with Gasteiger partial charge in [-0.05, 0) is 13.8 Å². The van der Waals surface area contributed by atoms with Crippen molar-refractivity contribution >= 4 is 0 Å². The number of hydrogen-bond donors (Lipinski definition) is 1. The average Bonchev–Trinajstić information content (AvgIpc) is 2.31. The predicted molar refractivity (Wildman–Crippen MR) is 52.6 cm³/mol. The Morgan fingerprint density at radius 1 is 1.54 bits per heavy atom. The van der Waals surface area contributed by atoms with Crippen molar-refractivity contribution in [1.82, 2.24) is 9.55 Å². The van der Waals surface area contributed by atoms with E-state index in [9.17, 15) is 5.11 Å². The fraction of sp³-hybridized carbons (Fsp3) is 0.700. The van der Waals surface area contributed by atoms with Gasteiger partial charge in [0.2, 0.25) is 0 Å². The maximum absolute atomic E-state index is 9.65. The van der Waals surface area contributed by atoms with Crippen molar-refractivity contribution in [3.05, 3.63) is 18.2 Å². The Bertz CT molecular complexity index is 271. The summed E-state index contributed by atoms with van der Waals surface area (Å²) in [6.07, 6.45) is 3.69. The Morgan fingerprint density at radius 3 is 2.62 bits per heavy atom. The number of aromatic nitrogens is 2. The molecule has 0 unspecified atom stereocenters. The fourth-order valence-electron chi connectivity index (χ4n) is 1.37. The monoisotopic (exact) mass is 182 g/mol. The van der Waals surface area contributed by atoms with E-state index in [-0.39, 0.29) is 0 Å². The molecule has 0 aromatic carbocycles. The summed E-state index contributed by atoms with van der Waals surface area (Å²) in [7, 11) is 0. The minimum atomic E-state index is -0.676. The van der Waals surface area contributed by atoms with Crippen LogP contribution in [-0.2, 0) is 6.54 Å². The van der Waals surface area contributed by atoms with Gasteiger partial charge in [0.15, 0.2) is 0 Å². The van der Waals surface area contributed by atoms with Gasteiger partial charge in [0.25, 0.3) is 0 Å². The SMILES string of the molecule is CC(C)c1nccn1CC(C)(C)O. The van der Waals surface area contributed by atoms with E-state index in [1.54, 1.807) is 20.0 Å². The molecule has 3 heteroatoms. The lowest BCUT2D eigenvalue weighted by Gasteiger charge is -2.20. The van der Waals surface area contributed by atoms with Gasteiger partial charge in [-0.2, -0.15) is 0 Å². The second-order valence-electron chi connectivity index (χ2n) is 4.38. The van der Waals surface area contributed by atoms with Gasteiger partial charge in [-0.1, -0.05) is 13.8 Å². The highest BCUT2D eigenvalue weighted by molar-refractivity contribution is 4.98. The third-order valence-electron chi connectivity index (χ3n) is 1.82. The maximum Gasteiger partial charge on any atom is 0.111 e. The Balaban J connectivity index is 2.83. The van der Waals surface area contributed by atoms with E-state index in [1.807, 2.05) is 10.8 Å². The van der Waals surface area contributed by atoms with E-state index in [0.29, 0.717) is 12.5 Å². The molecule has 0 amide bonds. The van der Waals surface area contributed by atoms with Gasteiger partial charge >= 0.3 is 0 Å². The lowest BCUT2D eigenvalue weighted by molar-refractivity contribution is 0.0604. The highest BCUT2D eigenvalue weighted by Crippen LogP contribution is 2.14. The summed E-state index contributed by atoms with van der Waals surface area (Å²) in [5.41, 5.74) is -0.676. The molecule has 0 spiro atoms. The molecule has 0 atom stereocenters. The Hall–Kier alpha value is -0.830. The highest BCUT2D eigenvalue weighted by Gasteiger charge is 2.16. The van der Waals surface area contributed by atoms with E-state index >= 15 is 0 Å². The molecule has 0 fully saturated rings. The summed E-state index contributed by atoms with van der Waals surface area (Å²) in [6, 6.07) is 0. The lowest BCUT2D eigenvalue weighted by Crippen LogP contribution is -2.27. The van der Waals surface area contributed by atoms with Crippen LogP contribution in [0, 0.1) is 0 Å². The van der Waals surface area contributed by atoms with Gasteiger partial charge in [-0.3, -0.25) is 0 Å². The van der Waals surface area contributed by atoms with E-state index in [2.05, 4.69) is 18.8 Å². The first-order chi connectivity index (χ1) is 5.90.